The zero-order chi connectivity index (χ0) is 7.33. The van der Waals surface area contributed by atoms with Gasteiger partial charge in [-0.3, -0.25) is 0 Å². The maximum absolute atomic E-state index is 10.4. The molecule has 0 heterocycles. The third-order valence-corrected chi connectivity index (χ3v) is 3.62. The molecule has 0 amide bonds. The van der Waals surface area contributed by atoms with Gasteiger partial charge in [0.2, 0.25) is 0 Å². The molecular weight excluding hydrogens is 176 g/mol. The van der Waals surface area contributed by atoms with Gasteiger partial charge in [-0.2, -0.15) is 0 Å². The Kier molecular flexibility index (Phi) is 4.59. The Hall–Kier alpha value is 0.507. The van der Waals surface area contributed by atoms with Crippen molar-refractivity contribution in [1.29, 1.82) is 0 Å². The molecule has 0 rings (SSSR count). The van der Waals surface area contributed by atoms with E-state index in [1.54, 1.807) is 7.11 Å². The zero-order valence-corrected chi connectivity index (χ0v) is 8.25. The van der Waals surface area contributed by atoms with Crippen molar-refractivity contribution < 1.29 is 13.2 Å². The van der Waals surface area contributed by atoms with Crippen LogP contribution in [0, 0.1) is 0 Å². The van der Waals surface area contributed by atoms with E-state index in [0.29, 0.717) is 6.04 Å². The second-order valence-electron chi connectivity index (χ2n) is 1.63. The fourth-order valence-electron chi connectivity index (χ4n) is 0.386. The summed E-state index contributed by atoms with van der Waals surface area (Å²) >= 11 is 4.25. The van der Waals surface area contributed by atoms with Crippen LogP contribution in [0.15, 0.2) is 0 Å². The third kappa shape index (κ3) is 8.51. The molecule has 1 atom stereocenters. The quantitative estimate of drug-likeness (QED) is 0.468. The van der Waals surface area contributed by atoms with Gasteiger partial charge in [-0.1, -0.05) is 0 Å². The fourth-order valence-corrected chi connectivity index (χ4v) is 3.67. The Morgan fingerprint density at radius 1 is 1.89 bits per heavy atom. The first-order valence-corrected chi connectivity index (χ1v) is 6.69. The average molecular weight is 186 g/mol. The Morgan fingerprint density at radius 3 is 2.78 bits per heavy atom. The van der Waals surface area contributed by atoms with Crippen molar-refractivity contribution in [3.63, 3.8) is 0 Å². The molecule has 6 heteroatoms. The second-order valence-corrected chi connectivity index (χ2v) is 6.46. The van der Waals surface area contributed by atoms with Crippen LogP contribution in [0.1, 0.15) is 0 Å². The Morgan fingerprint density at radius 2 is 2.44 bits per heavy atom. The first kappa shape index (κ1) is 9.51. The van der Waals surface area contributed by atoms with E-state index in [1.807, 2.05) is 0 Å². The van der Waals surface area contributed by atoms with E-state index in [9.17, 15) is 4.21 Å². The van der Waals surface area contributed by atoms with Gasteiger partial charge in [-0.05, 0) is 6.04 Å². The second kappa shape index (κ2) is 4.34. The molecule has 0 fully saturated rings. The predicted octanol–water partition coefficient (Wildman–Crippen LogP) is -0.646. The lowest BCUT2D eigenvalue weighted by atomic mass is 11.0. The van der Waals surface area contributed by atoms with Gasteiger partial charge in [0, 0.05) is 24.1 Å². The van der Waals surface area contributed by atoms with E-state index < -0.39 is 18.5 Å². The Balaban J connectivity index is 3.30. The summed E-state index contributed by atoms with van der Waals surface area (Å²) < 4.78 is 23.7. The van der Waals surface area contributed by atoms with Crippen LogP contribution in [0.3, 0.4) is 0 Å². The van der Waals surface area contributed by atoms with Gasteiger partial charge in [0.1, 0.15) is 8.77 Å². The van der Waals surface area contributed by atoms with E-state index >= 15 is 0 Å². The lowest BCUT2D eigenvalue weighted by molar-refractivity contribution is 0.441. The average Bonchev–Trinajstić information content (AvgIpc) is 1.63. The van der Waals surface area contributed by atoms with Gasteiger partial charge in [-0.25, -0.2) is 4.21 Å². The van der Waals surface area contributed by atoms with Gasteiger partial charge < -0.3 is 8.98 Å². The van der Waals surface area contributed by atoms with Crippen molar-refractivity contribution in [2.45, 2.75) is 6.04 Å². The molecule has 0 aromatic heterocycles. The highest BCUT2D eigenvalue weighted by Crippen LogP contribution is 1.88. The molecule has 3 nitrogen and oxygen atoms in total. The molecule has 0 radical (unpaired) electrons. The predicted molar refractivity (Wildman–Crippen MR) is 43.4 cm³/mol. The lowest BCUT2D eigenvalue weighted by Gasteiger charge is -1.95. The number of hydrogen-bond acceptors (Lipinski definition) is 3. The molecular formula is C3H10O3S2Si. The van der Waals surface area contributed by atoms with E-state index in [1.165, 1.54) is 0 Å². The molecule has 0 aliphatic heterocycles. The molecule has 0 saturated heterocycles. The largest absolute Gasteiger partial charge is 0.427 e. The smallest absolute Gasteiger partial charge is 0.162 e. The summed E-state index contributed by atoms with van der Waals surface area (Å²) in [6.07, 6.45) is 0. The Bertz CT molecular complexity index is 152. The van der Waals surface area contributed by atoms with Crippen molar-refractivity contribution in [2.75, 3.05) is 12.9 Å². The van der Waals surface area contributed by atoms with E-state index in [0.717, 1.165) is 0 Å². The Labute approximate surface area is 62.2 Å². The monoisotopic (exact) mass is 186 g/mol. The van der Waals surface area contributed by atoms with Gasteiger partial charge in [0.15, 0.2) is 9.76 Å². The summed E-state index contributed by atoms with van der Waals surface area (Å²) in [7, 11) is -1.87. The van der Waals surface area contributed by atoms with Crippen LogP contribution in [-0.4, -0.2) is 31.4 Å². The molecule has 0 aromatic rings. The highest BCUT2D eigenvalue weighted by Gasteiger charge is 1.98. The summed E-state index contributed by atoms with van der Waals surface area (Å²) in [5, 5.41) is 0. The minimum absolute atomic E-state index is 0.211. The molecule has 0 bridgehead atoms. The summed E-state index contributed by atoms with van der Waals surface area (Å²) in [4.78, 5) is 0. The summed E-state index contributed by atoms with van der Waals surface area (Å²) in [6.45, 7) is 0. The van der Waals surface area contributed by atoms with E-state index in [4.69, 9.17) is 8.98 Å². The highest BCUT2D eigenvalue weighted by molar-refractivity contribution is 8.29. The normalized spacial score (nSPS) is 18.4. The van der Waals surface area contributed by atoms with Crippen LogP contribution in [0.5, 0.6) is 0 Å². The van der Waals surface area contributed by atoms with Crippen LogP contribution < -0.4 is 0 Å². The minimum Gasteiger partial charge on any atom is -0.427 e. The van der Waals surface area contributed by atoms with Gasteiger partial charge in [-0.15, -0.1) is 0 Å². The molecule has 0 aliphatic carbocycles. The maximum atomic E-state index is 10.4. The standard InChI is InChI=1S/C3H10O3S2Si/c1-6-9-3-2-8(4,5)7/h2-3,9H2,1H3,(H,4,5,7). The maximum Gasteiger partial charge on any atom is 0.162 e. The van der Waals surface area contributed by atoms with Crippen LogP contribution in [-0.2, 0) is 24.4 Å². The lowest BCUT2D eigenvalue weighted by Crippen LogP contribution is -2.05. The SMILES string of the molecule is CO[SiH2]CCS(=O)(O)=S. The van der Waals surface area contributed by atoms with Gasteiger partial charge >= 0.3 is 0 Å². The van der Waals surface area contributed by atoms with Crippen LogP contribution >= 0.6 is 0 Å². The van der Waals surface area contributed by atoms with Crippen LogP contribution in [0.25, 0.3) is 0 Å². The first-order valence-electron chi connectivity index (χ1n) is 2.50. The van der Waals surface area contributed by atoms with Crippen LogP contribution in [0.4, 0.5) is 0 Å². The molecule has 0 aromatic carbocycles. The molecule has 1 N–H and O–H groups in total. The zero-order valence-electron chi connectivity index (χ0n) is 5.20. The highest BCUT2D eigenvalue weighted by atomic mass is 32.8. The molecule has 1 unspecified atom stereocenters. The van der Waals surface area contributed by atoms with Crippen molar-refractivity contribution >= 4 is 29.7 Å². The first-order chi connectivity index (χ1) is 4.06. The molecule has 0 aliphatic rings. The van der Waals surface area contributed by atoms with Crippen molar-refractivity contribution in [1.82, 2.24) is 0 Å². The minimum atomic E-state index is -2.91. The fraction of sp³-hybridized carbons (Fsp3) is 1.00. The molecule has 9 heavy (non-hydrogen) atoms. The van der Waals surface area contributed by atoms with Crippen molar-refractivity contribution in [3.05, 3.63) is 0 Å². The summed E-state index contributed by atoms with van der Waals surface area (Å²) in [5.41, 5.74) is 0. The van der Waals surface area contributed by atoms with Crippen molar-refractivity contribution in [2.24, 2.45) is 0 Å². The molecule has 0 saturated carbocycles. The molecule has 0 spiro atoms. The molecule has 56 valence electrons. The summed E-state index contributed by atoms with van der Waals surface area (Å²) in [6, 6.07) is 0.690. The topological polar surface area (TPSA) is 46.5 Å². The third-order valence-electron chi connectivity index (χ3n) is 0.751. The number of hydrogen-bond donors (Lipinski definition) is 1. The van der Waals surface area contributed by atoms with Crippen molar-refractivity contribution in [3.8, 4) is 0 Å². The number of rotatable bonds is 4. The van der Waals surface area contributed by atoms with Gasteiger partial charge in [0.05, 0.1) is 0 Å². The van der Waals surface area contributed by atoms with E-state index in [-0.39, 0.29) is 5.75 Å². The van der Waals surface area contributed by atoms with Crippen LogP contribution in [0.2, 0.25) is 6.04 Å². The van der Waals surface area contributed by atoms with Gasteiger partial charge in [0.25, 0.3) is 0 Å². The van der Waals surface area contributed by atoms with E-state index in [2.05, 4.69) is 11.2 Å². The summed E-state index contributed by atoms with van der Waals surface area (Å²) in [5.74, 6) is 0.211.